The van der Waals surface area contributed by atoms with Gasteiger partial charge in [0.05, 0.1) is 31.2 Å². The van der Waals surface area contributed by atoms with E-state index in [1.165, 1.54) is 0 Å². The van der Waals surface area contributed by atoms with Crippen LogP contribution in [0.15, 0.2) is 48.5 Å². The lowest BCUT2D eigenvalue weighted by Crippen LogP contribution is -2.36. The molecule has 0 spiro atoms. The maximum absolute atomic E-state index is 12.7. The number of nitrogens with one attached hydrogen (secondary N) is 1. The number of rotatable bonds is 7. The fourth-order valence-electron chi connectivity index (χ4n) is 2.97. The van der Waals surface area contributed by atoms with Gasteiger partial charge in [-0.25, -0.2) is 0 Å². The molecule has 0 aliphatic carbocycles. The molecule has 1 saturated heterocycles. The Labute approximate surface area is 161 Å². The van der Waals surface area contributed by atoms with Crippen molar-refractivity contribution in [3.63, 3.8) is 0 Å². The molecule has 0 atom stereocenters. The second-order valence-electron chi connectivity index (χ2n) is 7.13. The van der Waals surface area contributed by atoms with E-state index in [-0.39, 0.29) is 5.91 Å². The Morgan fingerprint density at radius 1 is 1.11 bits per heavy atom. The van der Waals surface area contributed by atoms with Crippen molar-refractivity contribution in [1.29, 1.82) is 0 Å². The van der Waals surface area contributed by atoms with Gasteiger partial charge in [0.2, 0.25) is 0 Å². The van der Waals surface area contributed by atoms with E-state index in [1.54, 1.807) is 12.1 Å². The van der Waals surface area contributed by atoms with Crippen LogP contribution in [-0.2, 0) is 4.74 Å². The lowest BCUT2D eigenvalue weighted by Gasteiger charge is -2.30. The molecule has 1 amide bonds. The number of morpholine rings is 1. The SMILES string of the molecule is CC(C)CCOc1ccc(C(=O)Nc2ccccc2N2CCOCC2)cc1. The molecule has 3 rings (SSSR count). The molecule has 1 fully saturated rings. The highest BCUT2D eigenvalue weighted by molar-refractivity contribution is 6.06. The van der Waals surface area contributed by atoms with Crippen LogP contribution in [0.4, 0.5) is 11.4 Å². The lowest BCUT2D eigenvalue weighted by molar-refractivity contribution is 0.102. The van der Waals surface area contributed by atoms with Crippen molar-refractivity contribution in [3.8, 4) is 5.75 Å². The van der Waals surface area contributed by atoms with Gasteiger partial charge in [-0.3, -0.25) is 4.79 Å². The Kier molecular flexibility index (Phi) is 6.71. The van der Waals surface area contributed by atoms with Gasteiger partial charge in [0.25, 0.3) is 5.91 Å². The molecular formula is C22H28N2O3. The van der Waals surface area contributed by atoms with Crippen LogP contribution < -0.4 is 15.0 Å². The lowest BCUT2D eigenvalue weighted by atomic mass is 10.1. The largest absolute Gasteiger partial charge is 0.494 e. The first-order valence-corrected chi connectivity index (χ1v) is 9.59. The molecule has 1 aliphatic heterocycles. The van der Waals surface area contributed by atoms with Gasteiger partial charge in [-0.1, -0.05) is 26.0 Å². The highest BCUT2D eigenvalue weighted by Gasteiger charge is 2.16. The van der Waals surface area contributed by atoms with Gasteiger partial charge in [0.15, 0.2) is 0 Å². The first kappa shape index (κ1) is 19.2. The van der Waals surface area contributed by atoms with E-state index in [0.29, 0.717) is 31.3 Å². The van der Waals surface area contributed by atoms with E-state index in [0.717, 1.165) is 36.6 Å². The van der Waals surface area contributed by atoms with Crippen LogP contribution in [0.25, 0.3) is 0 Å². The normalized spacial score (nSPS) is 14.3. The molecule has 5 heteroatoms. The van der Waals surface area contributed by atoms with Crippen LogP contribution in [0.3, 0.4) is 0 Å². The van der Waals surface area contributed by atoms with Crippen molar-refractivity contribution >= 4 is 17.3 Å². The molecule has 5 nitrogen and oxygen atoms in total. The molecule has 0 radical (unpaired) electrons. The number of hydrogen-bond donors (Lipinski definition) is 1. The van der Waals surface area contributed by atoms with Crippen LogP contribution in [0.2, 0.25) is 0 Å². The average molecular weight is 368 g/mol. The third kappa shape index (κ3) is 5.47. The quantitative estimate of drug-likeness (QED) is 0.796. The Morgan fingerprint density at radius 2 is 1.81 bits per heavy atom. The summed E-state index contributed by atoms with van der Waals surface area (Å²) in [6.07, 6.45) is 1.01. The summed E-state index contributed by atoms with van der Waals surface area (Å²) in [7, 11) is 0. The third-order valence-electron chi connectivity index (χ3n) is 4.58. The minimum Gasteiger partial charge on any atom is -0.494 e. The molecule has 0 saturated carbocycles. The van der Waals surface area contributed by atoms with Gasteiger partial charge in [-0.15, -0.1) is 0 Å². The molecule has 1 heterocycles. The molecule has 1 N–H and O–H groups in total. The molecule has 2 aromatic carbocycles. The number of anilines is 2. The van der Waals surface area contributed by atoms with Crippen molar-refractivity contribution < 1.29 is 14.3 Å². The highest BCUT2D eigenvalue weighted by Crippen LogP contribution is 2.27. The number of hydrogen-bond acceptors (Lipinski definition) is 4. The summed E-state index contributed by atoms with van der Waals surface area (Å²) in [6.45, 7) is 8.11. The maximum atomic E-state index is 12.7. The van der Waals surface area contributed by atoms with Crippen molar-refractivity contribution in [1.82, 2.24) is 0 Å². The predicted octanol–water partition coefficient (Wildman–Crippen LogP) is 4.20. The minimum atomic E-state index is -0.121. The number of ether oxygens (including phenoxy) is 2. The highest BCUT2D eigenvalue weighted by atomic mass is 16.5. The zero-order valence-electron chi connectivity index (χ0n) is 16.1. The van der Waals surface area contributed by atoms with Gasteiger partial charge in [-0.05, 0) is 48.7 Å². The van der Waals surface area contributed by atoms with Gasteiger partial charge in [-0.2, -0.15) is 0 Å². The van der Waals surface area contributed by atoms with Crippen LogP contribution in [0.5, 0.6) is 5.75 Å². The number of benzene rings is 2. The van der Waals surface area contributed by atoms with E-state index in [1.807, 2.05) is 36.4 Å². The number of carbonyl (C=O) groups is 1. The zero-order valence-corrected chi connectivity index (χ0v) is 16.1. The number of para-hydroxylation sites is 2. The van der Waals surface area contributed by atoms with Crippen LogP contribution in [-0.4, -0.2) is 38.8 Å². The molecule has 144 valence electrons. The standard InChI is InChI=1S/C22H28N2O3/c1-17(2)11-14-27-19-9-7-18(8-10-19)22(25)23-20-5-3-4-6-21(20)24-12-15-26-16-13-24/h3-10,17H,11-16H2,1-2H3,(H,23,25). The molecule has 27 heavy (non-hydrogen) atoms. The van der Waals surface area contributed by atoms with Gasteiger partial charge in [0, 0.05) is 18.7 Å². The fraction of sp³-hybridized carbons (Fsp3) is 0.409. The van der Waals surface area contributed by atoms with Crippen molar-refractivity contribution in [2.45, 2.75) is 20.3 Å². The smallest absolute Gasteiger partial charge is 0.255 e. The summed E-state index contributed by atoms with van der Waals surface area (Å²) in [5.74, 6) is 1.28. The van der Waals surface area contributed by atoms with Crippen molar-refractivity contribution in [3.05, 3.63) is 54.1 Å². The fourth-order valence-corrected chi connectivity index (χ4v) is 2.97. The summed E-state index contributed by atoms with van der Waals surface area (Å²) < 4.78 is 11.1. The Balaban J connectivity index is 1.63. The van der Waals surface area contributed by atoms with Crippen LogP contribution in [0, 0.1) is 5.92 Å². The van der Waals surface area contributed by atoms with E-state index >= 15 is 0 Å². The van der Waals surface area contributed by atoms with E-state index in [9.17, 15) is 4.79 Å². The Bertz CT molecular complexity index is 737. The topological polar surface area (TPSA) is 50.8 Å². The third-order valence-corrected chi connectivity index (χ3v) is 4.58. The Hall–Kier alpha value is -2.53. The zero-order chi connectivity index (χ0) is 19.1. The number of nitrogens with zero attached hydrogens (tertiary/aromatic N) is 1. The van der Waals surface area contributed by atoms with Crippen LogP contribution in [0.1, 0.15) is 30.6 Å². The number of amides is 1. The first-order valence-electron chi connectivity index (χ1n) is 9.59. The average Bonchev–Trinajstić information content (AvgIpc) is 2.69. The summed E-state index contributed by atoms with van der Waals surface area (Å²) in [5, 5.41) is 3.04. The summed E-state index contributed by atoms with van der Waals surface area (Å²) >= 11 is 0. The predicted molar refractivity (Wildman–Crippen MR) is 109 cm³/mol. The maximum Gasteiger partial charge on any atom is 0.255 e. The van der Waals surface area contributed by atoms with Crippen molar-refractivity contribution in [2.24, 2.45) is 5.92 Å². The summed E-state index contributed by atoms with van der Waals surface area (Å²) in [4.78, 5) is 14.9. The van der Waals surface area contributed by atoms with Crippen LogP contribution >= 0.6 is 0 Å². The molecule has 0 unspecified atom stereocenters. The first-order chi connectivity index (χ1) is 13.1. The summed E-state index contributed by atoms with van der Waals surface area (Å²) in [6, 6.07) is 15.2. The number of carbonyl (C=O) groups excluding carboxylic acids is 1. The molecule has 0 bridgehead atoms. The van der Waals surface area contributed by atoms with E-state index < -0.39 is 0 Å². The monoisotopic (exact) mass is 368 g/mol. The molecule has 2 aromatic rings. The van der Waals surface area contributed by atoms with Gasteiger partial charge in [0.1, 0.15) is 5.75 Å². The van der Waals surface area contributed by atoms with Crippen molar-refractivity contribution in [2.75, 3.05) is 43.1 Å². The summed E-state index contributed by atoms with van der Waals surface area (Å²) in [5.41, 5.74) is 2.47. The molecule has 0 aromatic heterocycles. The Morgan fingerprint density at radius 3 is 2.52 bits per heavy atom. The van der Waals surface area contributed by atoms with E-state index in [2.05, 4.69) is 24.1 Å². The second-order valence-corrected chi connectivity index (χ2v) is 7.13. The molecular weight excluding hydrogens is 340 g/mol. The second kappa shape index (κ2) is 9.42. The van der Waals surface area contributed by atoms with E-state index in [4.69, 9.17) is 9.47 Å². The van der Waals surface area contributed by atoms with Gasteiger partial charge >= 0.3 is 0 Å². The molecule has 1 aliphatic rings. The minimum absolute atomic E-state index is 0.121. The van der Waals surface area contributed by atoms with Gasteiger partial charge < -0.3 is 19.7 Å².